The number of hydrogen-bond donors (Lipinski definition) is 0. The molecule has 1 aromatic heterocycles. The molecule has 0 aliphatic rings. The summed E-state index contributed by atoms with van der Waals surface area (Å²) in [6.45, 7) is 2.13. The second-order valence-corrected chi connectivity index (χ2v) is 6.27. The number of hydrogen-bond acceptors (Lipinski definition) is 0. The van der Waals surface area contributed by atoms with Crippen LogP contribution in [0.5, 0.6) is 0 Å². The monoisotopic (exact) mass is 335 g/mol. The molecule has 0 aliphatic heterocycles. The molecular weight excluding hydrogens is 322 g/mol. The molecule has 0 aliphatic carbocycles. The molecule has 0 saturated heterocycles. The molecule has 4 rings (SSSR count). The van der Waals surface area contributed by atoms with Crippen molar-refractivity contribution in [1.29, 1.82) is 0 Å². The lowest BCUT2D eigenvalue weighted by Gasteiger charge is -2.08. The molecule has 0 fully saturated rings. The van der Waals surface area contributed by atoms with Gasteiger partial charge in [-0.15, -0.1) is 0 Å². The minimum Gasteiger partial charge on any atom is -0.309 e. The van der Waals surface area contributed by atoms with E-state index in [-0.39, 0.29) is 0 Å². The lowest BCUT2D eigenvalue weighted by atomic mass is 10.2. The Kier molecular flexibility index (Phi) is 2.86. The second-order valence-electron chi connectivity index (χ2n) is 5.35. The fourth-order valence-corrected chi connectivity index (χ4v) is 3.35. The quantitative estimate of drug-likeness (QED) is 0.411. The van der Waals surface area contributed by atoms with Crippen molar-refractivity contribution in [2.24, 2.45) is 0 Å². The molecule has 0 radical (unpaired) electrons. The fourth-order valence-electron chi connectivity index (χ4n) is 2.99. The smallest absolute Gasteiger partial charge is 0.0541 e. The Bertz CT molecular complexity index is 966. The van der Waals surface area contributed by atoms with Crippen LogP contribution in [0.2, 0.25) is 0 Å². The Balaban J connectivity index is 2.20. The van der Waals surface area contributed by atoms with Gasteiger partial charge in [0.1, 0.15) is 0 Å². The van der Waals surface area contributed by atoms with Gasteiger partial charge in [0.2, 0.25) is 0 Å². The van der Waals surface area contributed by atoms with Crippen molar-refractivity contribution in [2.75, 3.05) is 0 Å². The van der Waals surface area contributed by atoms with Gasteiger partial charge in [-0.05, 0) is 48.9 Å². The molecule has 1 heterocycles. The molecule has 3 aromatic carbocycles. The second kappa shape index (κ2) is 4.74. The number of benzene rings is 3. The molecule has 0 atom stereocenters. The summed E-state index contributed by atoms with van der Waals surface area (Å²) in [5.41, 5.74) is 4.97. The van der Waals surface area contributed by atoms with Gasteiger partial charge in [0.15, 0.2) is 0 Å². The van der Waals surface area contributed by atoms with E-state index in [4.69, 9.17) is 0 Å². The third kappa shape index (κ3) is 1.98. The van der Waals surface area contributed by atoms with Crippen LogP contribution in [0.1, 0.15) is 5.56 Å². The van der Waals surface area contributed by atoms with E-state index in [1.54, 1.807) is 0 Å². The highest BCUT2D eigenvalue weighted by atomic mass is 79.9. The average Bonchev–Trinajstić information content (AvgIpc) is 2.81. The third-order valence-electron chi connectivity index (χ3n) is 3.89. The first-order valence-electron chi connectivity index (χ1n) is 7.00. The van der Waals surface area contributed by atoms with Crippen LogP contribution in [-0.2, 0) is 0 Å². The Morgan fingerprint density at radius 3 is 2.43 bits per heavy atom. The summed E-state index contributed by atoms with van der Waals surface area (Å²) in [7, 11) is 0. The minimum absolute atomic E-state index is 1.11. The maximum atomic E-state index is 3.59. The van der Waals surface area contributed by atoms with Crippen molar-refractivity contribution in [1.82, 2.24) is 4.57 Å². The van der Waals surface area contributed by atoms with Gasteiger partial charge in [0, 0.05) is 20.9 Å². The molecule has 0 unspecified atom stereocenters. The van der Waals surface area contributed by atoms with Gasteiger partial charge in [0.25, 0.3) is 0 Å². The first-order valence-corrected chi connectivity index (χ1v) is 7.79. The summed E-state index contributed by atoms with van der Waals surface area (Å²) in [5, 5.41) is 2.57. The molecule has 102 valence electrons. The first-order chi connectivity index (χ1) is 10.2. The van der Waals surface area contributed by atoms with Gasteiger partial charge in [-0.1, -0.05) is 46.3 Å². The molecule has 4 aromatic rings. The van der Waals surface area contributed by atoms with E-state index in [2.05, 4.69) is 94.2 Å². The summed E-state index contributed by atoms with van der Waals surface area (Å²) >= 11 is 3.59. The predicted molar refractivity (Wildman–Crippen MR) is 93.2 cm³/mol. The van der Waals surface area contributed by atoms with E-state index in [9.17, 15) is 0 Å². The minimum atomic E-state index is 1.11. The zero-order valence-corrected chi connectivity index (χ0v) is 13.3. The molecule has 0 N–H and O–H groups in total. The van der Waals surface area contributed by atoms with Crippen molar-refractivity contribution < 1.29 is 0 Å². The lowest BCUT2D eigenvalue weighted by molar-refractivity contribution is 1.17. The van der Waals surface area contributed by atoms with E-state index < -0.39 is 0 Å². The van der Waals surface area contributed by atoms with Crippen molar-refractivity contribution in [3.8, 4) is 5.69 Å². The molecule has 0 bridgehead atoms. The molecular formula is C19H14BrN. The standard InChI is InChI=1S/C19H14BrN/c1-13-5-4-6-15(11-13)21-18-8-3-2-7-16(18)17-12-14(20)9-10-19(17)21/h2-12H,1H3. The topological polar surface area (TPSA) is 4.93 Å². The number of rotatable bonds is 1. The number of para-hydroxylation sites is 1. The van der Waals surface area contributed by atoms with E-state index in [1.807, 2.05) is 0 Å². The Hall–Kier alpha value is -2.06. The van der Waals surface area contributed by atoms with Gasteiger partial charge in [-0.3, -0.25) is 0 Å². The van der Waals surface area contributed by atoms with Crippen LogP contribution < -0.4 is 0 Å². The van der Waals surface area contributed by atoms with E-state index in [0.717, 1.165) is 4.47 Å². The third-order valence-corrected chi connectivity index (χ3v) is 4.39. The van der Waals surface area contributed by atoms with Crippen molar-refractivity contribution >= 4 is 37.7 Å². The van der Waals surface area contributed by atoms with Gasteiger partial charge >= 0.3 is 0 Å². The summed E-state index contributed by atoms with van der Waals surface area (Å²) in [6.07, 6.45) is 0. The summed E-state index contributed by atoms with van der Waals surface area (Å²) in [6, 6.07) is 23.7. The van der Waals surface area contributed by atoms with Crippen LogP contribution in [0.3, 0.4) is 0 Å². The fraction of sp³-hybridized carbons (Fsp3) is 0.0526. The summed E-state index contributed by atoms with van der Waals surface area (Å²) < 4.78 is 3.45. The van der Waals surface area contributed by atoms with E-state index in [1.165, 1.54) is 33.1 Å². The number of halogens is 1. The summed E-state index contributed by atoms with van der Waals surface area (Å²) in [4.78, 5) is 0. The van der Waals surface area contributed by atoms with Gasteiger partial charge in [-0.2, -0.15) is 0 Å². The van der Waals surface area contributed by atoms with Crippen molar-refractivity contribution in [2.45, 2.75) is 6.92 Å². The van der Waals surface area contributed by atoms with Crippen molar-refractivity contribution in [3.63, 3.8) is 0 Å². The largest absolute Gasteiger partial charge is 0.309 e. The molecule has 1 nitrogen and oxygen atoms in total. The normalized spacial score (nSPS) is 11.3. The Labute approximate surface area is 132 Å². The predicted octanol–water partition coefficient (Wildman–Crippen LogP) is 5.85. The van der Waals surface area contributed by atoms with E-state index >= 15 is 0 Å². The molecule has 21 heavy (non-hydrogen) atoms. The molecule has 0 spiro atoms. The van der Waals surface area contributed by atoms with Crippen molar-refractivity contribution in [3.05, 3.63) is 76.8 Å². The number of fused-ring (bicyclic) bond motifs is 3. The maximum Gasteiger partial charge on any atom is 0.0541 e. The van der Waals surface area contributed by atoms with Crippen LogP contribution in [0.25, 0.3) is 27.5 Å². The van der Waals surface area contributed by atoms with Crippen LogP contribution in [0.4, 0.5) is 0 Å². The van der Waals surface area contributed by atoms with Crippen LogP contribution in [-0.4, -0.2) is 4.57 Å². The number of nitrogens with zero attached hydrogens (tertiary/aromatic N) is 1. The van der Waals surface area contributed by atoms with Crippen LogP contribution in [0.15, 0.2) is 71.2 Å². The highest BCUT2D eigenvalue weighted by Gasteiger charge is 2.11. The van der Waals surface area contributed by atoms with Gasteiger partial charge in [-0.25, -0.2) is 0 Å². The molecule has 0 saturated carbocycles. The molecule has 0 amide bonds. The highest BCUT2D eigenvalue weighted by Crippen LogP contribution is 2.33. The van der Waals surface area contributed by atoms with Gasteiger partial charge in [0.05, 0.1) is 11.0 Å². The zero-order chi connectivity index (χ0) is 14.4. The SMILES string of the molecule is Cc1cccc(-n2c3ccccc3c3cc(Br)ccc32)c1. The van der Waals surface area contributed by atoms with E-state index in [0.29, 0.717) is 0 Å². The lowest BCUT2D eigenvalue weighted by Crippen LogP contribution is -1.93. The Morgan fingerprint density at radius 1 is 0.762 bits per heavy atom. The highest BCUT2D eigenvalue weighted by molar-refractivity contribution is 9.10. The number of aromatic nitrogens is 1. The Morgan fingerprint density at radius 2 is 1.57 bits per heavy atom. The maximum absolute atomic E-state index is 3.59. The van der Waals surface area contributed by atoms with Crippen LogP contribution in [0, 0.1) is 6.92 Å². The zero-order valence-electron chi connectivity index (χ0n) is 11.7. The van der Waals surface area contributed by atoms with Crippen LogP contribution >= 0.6 is 15.9 Å². The molecule has 2 heteroatoms. The first kappa shape index (κ1) is 12.7. The number of aryl methyl sites for hydroxylation is 1. The summed E-state index contributed by atoms with van der Waals surface area (Å²) in [5.74, 6) is 0. The average molecular weight is 336 g/mol. The van der Waals surface area contributed by atoms with Gasteiger partial charge < -0.3 is 4.57 Å².